The average Bonchev–Trinajstić information content (AvgIpc) is 3.17. The number of esters is 3. The van der Waals surface area contributed by atoms with Crippen LogP contribution in [0.2, 0.25) is 0 Å². The quantitative estimate of drug-likeness (QED) is 0.522. The third-order valence-corrected chi connectivity index (χ3v) is 4.39. The average molecular weight is 411 g/mol. The lowest BCUT2D eigenvalue weighted by Gasteiger charge is -2.45. The molecule has 1 spiro atoms. The summed E-state index contributed by atoms with van der Waals surface area (Å²) in [7, 11) is 0. The Morgan fingerprint density at radius 1 is 1.00 bits per heavy atom. The van der Waals surface area contributed by atoms with Crippen molar-refractivity contribution in [3.63, 3.8) is 0 Å². The van der Waals surface area contributed by atoms with E-state index in [4.69, 9.17) is 18.9 Å². The van der Waals surface area contributed by atoms with E-state index in [1.807, 2.05) is 0 Å². The molecule has 0 aromatic rings. The molecule has 6 atom stereocenters. The lowest BCUT2D eigenvalue weighted by atomic mass is 9.90. The first-order valence-corrected chi connectivity index (χ1v) is 8.35. The number of alkyl halides is 3. The Bertz CT molecular complexity index is 681. The number of hydrogen-bond donors (Lipinski definition) is 1. The Morgan fingerprint density at radius 2 is 1.54 bits per heavy atom. The molecular formula is C16H20F3NO8. The van der Waals surface area contributed by atoms with E-state index in [0.29, 0.717) is 0 Å². The SMILES string of the molecule is CC(=O)OC1CC12OC(C)C(NC(=O)C(F)(F)F)[C@@H](OC(C)=O)[C@H]2OC(C)=O. The molecule has 0 radical (unpaired) electrons. The van der Waals surface area contributed by atoms with Gasteiger partial charge in [0, 0.05) is 27.2 Å². The van der Waals surface area contributed by atoms with Crippen LogP contribution >= 0.6 is 0 Å². The number of rotatable bonds is 4. The molecule has 1 amide bonds. The third kappa shape index (κ3) is 4.54. The van der Waals surface area contributed by atoms with Crippen molar-refractivity contribution in [3.8, 4) is 0 Å². The molecule has 1 saturated carbocycles. The molecule has 12 heteroatoms. The van der Waals surface area contributed by atoms with Crippen molar-refractivity contribution in [1.82, 2.24) is 5.32 Å². The standard InChI is InChI=1S/C16H20F3NO8/c1-6-11(20-14(24)16(17,18)19)12(26-8(3)22)13(27-9(4)23)15(28-6)5-10(15)25-7(2)21/h6,10-13H,5H2,1-4H3,(H,20,24)/t6?,10?,11?,12-,13-,15?/m1/s1. The number of carbonyl (C=O) groups is 4. The summed E-state index contributed by atoms with van der Waals surface area (Å²) in [6, 6.07) is -1.47. The molecule has 4 unspecified atom stereocenters. The second kappa shape index (κ2) is 7.57. The van der Waals surface area contributed by atoms with E-state index in [0.717, 1.165) is 20.8 Å². The summed E-state index contributed by atoms with van der Waals surface area (Å²) in [5.74, 6) is -4.61. The molecule has 0 aromatic carbocycles. The third-order valence-electron chi connectivity index (χ3n) is 4.39. The molecule has 0 bridgehead atoms. The minimum absolute atomic E-state index is 0.0760. The van der Waals surface area contributed by atoms with Crippen LogP contribution in [0.25, 0.3) is 0 Å². The highest BCUT2D eigenvalue weighted by molar-refractivity contribution is 5.82. The second-order valence-electron chi connectivity index (χ2n) is 6.68. The lowest BCUT2D eigenvalue weighted by Crippen LogP contribution is -2.67. The van der Waals surface area contributed by atoms with Crippen LogP contribution in [0.3, 0.4) is 0 Å². The molecule has 1 aliphatic carbocycles. The fourth-order valence-corrected chi connectivity index (χ4v) is 3.32. The maximum absolute atomic E-state index is 12.7. The van der Waals surface area contributed by atoms with Gasteiger partial charge in [0.15, 0.2) is 12.2 Å². The van der Waals surface area contributed by atoms with Crippen LogP contribution in [0.15, 0.2) is 0 Å². The van der Waals surface area contributed by atoms with Gasteiger partial charge in [0.2, 0.25) is 0 Å². The van der Waals surface area contributed by atoms with Crippen LogP contribution in [-0.2, 0) is 38.1 Å². The van der Waals surface area contributed by atoms with Crippen molar-refractivity contribution in [2.45, 2.75) is 76.4 Å². The Morgan fingerprint density at radius 3 is 2.00 bits per heavy atom. The highest BCUT2D eigenvalue weighted by Crippen LogP contribution is 2.52. The van der Waals surface area contributed by atoms with Gasteiger partial charge in [-0.3, -0.25) is 19.2 Å². The smallest absolute Gasteiger partial charge is 0.459 e. The van der Waals surface area contributed by atoms with Gasteiger partial charge in [-0.15, -0.1) is 0 Å². The lowest BCUT2D eigenvalue weighted by molar-refractivity contribution is -0.231. The van der Waals surface area contributed by atoms with Crippen molar-refractivity contribution >= 4 is 23.8 Å². The highest BCUT2D eigenvalue weighted by Gasteiger charge is 2.72. The summed E-state index contributed by atoms with van der Waals surface area (Å²) >= 11 is 0. The predicted molar refractivity (Wildman–Crippen MR) is 82.5 cm³/mol. The monoisotopic (exact) mass is 411 g/mol. The number of halogens is 3. The van der Waals surface area contributed by atoms with Gasteiger partial charge in [0.25, 0.3) is 0 Å². The van der Waals surface area contributed by atoms with Gasteiger partial charge < -0.3 is 24.3 Å². The van der Waals surface area contributed by atoms with Gasteiger partial charge in [0.05, 0.1) is 12.1 Å². The molecule has 1 saturated heterocycles. The van der Waals surface area contributed by atoms with E-state index < -0.39 is 66.1 Å². The van der Waals surface area contributed by atoms with Crippen molar-refractivity contribution in [3.05, 3.63) is 0 Å². The van der Waals surface area contributed by atoms with Crippen LogP contribution in [0.1, 0.15) is 34.1 Å². The molecule has 28 heavy (non-hydrogen) atoms. The van der Waals surface area contributed by atoms with Crippen LogP contribution in [0.5, 0.6) is 0 Å². The maximum atomic E-state index is 12.7. The number of hydrogen-bond acceptors (Lipinski definition) is 8. The zero-order chi connectivity index (χ0) is 21.4. The topological polar surface area (TPSA) is 117 Å². The van der Waals surface area contributed by atoms with Gasteiger partial charge >= 0.3 is 30.0 Å². The number of amides is 1. The summed E-state index contributed by atoms with van der Waals surface area (Å²) in [6.45, 7) is 4.56. The molecule has 9 nitrogen and oxygen atoms in total. The summed E-state index contributed by atoms with van der Waals surface area (Å²) < 4.78 is 59.2. The zero-order valence-electron chi connectivity index (χ0n) is 15.5. The Labute approximate surface area is 157 Å². The number of carbonyl (C=O) groups excluding carboxylic acids is 4. The molecule has 2 aliphatic rings. The molecule has 0 aromatic heterocycles. The van der Waals surface area contributed by atoms with Gasteiger partial charge in [-0.2, -0.15) is 13.2 Å². The van der Waals surface area contributed by atoms with Gasteiger partial charge in [-0.1, -0.05) is 0 Å². The number of ether oxygens (including phenoxy) is 4. The molecule has 158 valence electrons. The highest BCUT2D eigenvalue weighted by atomic mass is 19.4. The van der Waals surface area contributed by atoms with Gasteiger partial charge in [0.1, 0.15) is 11.7 Å². The summed E-state index contributed by atoms with van der Waals surface area (Å²) in [5, 5.41) is 1.72. The normalized spacial score (nSPS) is 34.3. The predicted octanol–water partition coefficient (Wildman–Crippen LogP) is 0.390. The minimum atomic E-state index is -5.19. The molecular weight excluding hydrogens is 391 g/mol. The molecule has 1 heterocycles. The Hall–Kier alpha value is -2.37. The molecule has 2 rings (SSSR count). The van der Waals surface area contributed by atoms with E-state index in [2.05, 4.69) is 0 Å². The second-order valence-corrected chi connectivity index (χ2v) is 6.68. The summed E-state index contributed by atoms with van der Waals surface area (Å²) in [4.78, 5) is 45.8. The molecule has 1 aliphatic heterocycles. The largest absolute Gasteiger partial charge is 0.471 e. The van der Waals surface area contributed by atoms with Crippen molar-refractivity contribution in [2.24, 2.45) is 0 Å². The summed E-state index contributed by atoms with van der Waals surface area (Å²) in [6.07, 6.45) is -9.93. The van der Waals surface area contributed by atoms with Crippen LogP contribution in [0, 0.1) is 0 Å². The minimum Gasteiger partial charge on any atom is -0.459 e. The first kappa shape index (κ1) is 21.9. The van der Waals surface area contributed by atoms with E-state index in [9.17, 15) is 32.3 Å². The van der Waals surface area contributed by atoms with Crippen molar-refractivity contribution < 1.29 is 51.3 Å². The van der Waals surface area contributed by atoms with E-state index in [1.54, 1.807) is 5.32 Å². The van der Waals surface area contributed by atoms with Crippen LogP contribution in [-0.4, -0.2) is 66.1 Å². The van der Waals surface area contributed by atoms with E-state index in [-0.39, 0.29) is 6.42 Å². The van der Waals surface area contributed by atoms with Crippen molar-refractivity contribution in [2.75, 3.05) is 0 Å². The van der Waals surface area contributed by atoms with Crippen LogP contribution in [0.4, 0.5) is 13.2 Å². The first-order valence-electron chi connectivity index (χ1n) is 8.35. The van der Waals surface area contributed by atoms with E-state index >= 15 is 0 Å². The van der Waals surface area contributed by atoms with Gasteiger partial charge in [-0.25, -0.2) is 0 Å². The Balaban J connectivity index is 2.38. The fraction of sp³-hybridized carbons (Fsp3) is 0.750. The zero-order valence-corrected chi connectivity index (χ0v) is 15.5. The number of nitrogens with one attached hydrogen (secondary N) is 1. The Kier molecular flexibility index (Phi) is 5.93. The van der Waals surface area contributed by atoms with Gasteiger partial charge in [-0.05, 0) is 6.92 Å². The van der Waals surface area contributed by atoms with Crippen molar-refractivity contribution in [1.29, 1.82) is 0 Å². The first-order chi connectivity index (χ1) is 12.8. The van der Waals surface area contributed by atoms with E-state index in [1.165, 1.54) is 6.92 Å². The van der Waals surface area contributed by atoms with Crippen LogP contribution < -0.4 is 5.32 Å². The maximum Gasteiger partial charge on any atom is 0.471 e. The molecule has 2 fully saturated rings. The fourth-order valence-electron chi connectivity index (χ4n) is 3.32. The molecule has 1 N–H and O–H groups in total. The summed E-state index contributed by atoms with van der Waals surface area (Å²) in [5.41, 5.74) is -1.39.